The number of hydrogen-bond donors (Lipinski definition) is 1. The highest BCUT2D eigenvalue weighted by Crippen LogP contribution is 2.43. The number of hydrogen-bond acceptors (Lipinski definition) is 4. The van der Waals surface area contributed by atoms with Crippen LogP contribution in [0.2, 0.25) is 0 Å². The lowest BCUT2D eigenvalue weighted by molar-refractivity contribution is 0.104. The van der Waals surface area contributed by atoms with Gasteiger partial charge >= 0.3 is 0 Å². The van der Waals surface area contributed by atoms with Gasteiger partial charge in [-0.2, -0.15) is 0 Å². The average Bonchev–Trinajstić information content (AvgIpc) is 2.56. The monoisotopic (exact) mass is 390 g/mol. The minimum absolute atomic E-state index is 0.0361. The Balaban J connectivity index is 2.21. The highest BCUT2D eigenvalue weighted by Gasteiger charge is 2.50. The van der Waals surface area contributed by atoms with Crippen molar-refractivity contribution in [1.82, 2.24) is 4.31 Å². The zero-order valence-corrected chi connectivity index (χ0v) is 17.8. The Morgan fingerprint density at radius 1 is 1.19 bits per heavy atom. The summed E-state index contributed by atoms with van der Waals surface area (Å²) < 4.78 is 28.7. The van der Waals surface area contributed by atoms with E-state index in [2.05, 4.69) is 0 Å². The third-order valence-electron chi connectivity index (χ3n) is 5.75. The van der Waals surface area contributed by atoms with Crippen LogP contribution in [0.25, 0.3) is 0 Å². The zero-order valence-electron chi connectivity index (χ0n) is 17.0. The Labute approximate surface area is 162 Å². The molecule has 0 saturated carbocycles. The van der Waals surface area contributed by atoms with Gasteiger partial charge in [0.2, 0.25) is 0 Å². The number of benzene rings is 1. The largest absolute Gasteiger partial charge is 0.389 e. The molecule has 1 aromatic rings. The summed E-state index contributed by atoms with van der Waals surface area (Å²) in [6.45, 7) is 11.8. The molecule has 0 spiro atoms. The number of nitrogens with zero attached hydrogens (tertiary/aromatic N) is 2. The standard InChI is InChI=1S/C21H30N2O3S/c1-13(2)20-22-21(5,6)17-12-19(24)15(4)11-18(17)23(20)27(25,26)16-9-7-14(3)8-10-16/h7-11,13,17-19,24H,12H2,1-6H3/t17-,18+,19-/m1/s1. The molecule has 0 fully saturated rings. The Morgan fingerprint density at radius 2 is 1.78 bits per heavy atom. The fourth-order valence-electron chi connectivity index (χ4n) is 4.07. The molecule has 6 heteroatoms. The number of aliphatic imine (C=N–C) groups is 1. The summed E-state index contributed by atoms with van der Waals surface area (Å²) in [6, 6.07) is 6.60. The van der Waals surface area contributed by atoms with Gasteiger partial charge in [-0.1, -0.05) is 37.6 Å². The van der Waals surface area contributed by atoms with Crippen LogP contribution >= 0.6 is 0 Å². The van der Waals surface area contributed by atoms with E-state index in [1.54, 1.807) is 12.1 Å². The number of rotatable bonds is 3. The lowest BCUT2D eigenvalue weighted by atomic mass is 9.72. The maximum atomic E-state index is 13.6. The Hall–Kier alpha value is -1.66. The van der Waals surface area contributed by atoms with Gasteiger partial charge in [0.15, 0.2) is 0 Å². The molecule has 0 bridgehead atoms. The van der Waals surface area contributed by atoms with Gasteiger partial charge in [-0.3, -0.25) is 4.99 Å². The van der Waals surface area contributed by atoms with Crippen molar-refractivity contribution in [3.05, 3.63) is 41.5 Å². The summed E-state index contributed by atoms with van der Waals surface area (Å²) >= 11 is 0. The highest BCUT2D eigenvalue weighted by atomic mass is 32.2. The van der Waals surface area contributed by atoms with E-state index in [0.29, 0.717) is 12.3 Å². The molecule has 0 amide bonds. The van der Waals surface area contributed by atoms with Crippen LogP contribution < -0.4 is 0 Å². The van der Waals surface area contributed by atoms with Gasteiger partial charge in [0, 0.05) is 11.8 Å². The fourth-order valence-corrected chi connectivity index (χ4v) is 5.80. The predicted octanol–water partition coefficient (Wildman–Crippen LogP) is 3.53. The van der Waals surface area contributed by atoms with Crippen LogP contribution in [0, 0.1) is 18.8 Å². The summed E-state index contributed by atoms with van der Waals surface area (Å²) in [7, 11) is -3.76. The number of sulfonamides is 1. The van der Waals surface area contributed by atoms with Crippen LogP contribution in [0.5, 0.6) is 0 Å². The minimum atomic E-state index is -3.76. The molecule has 0 aromatic heterocycles. The van der Waals surface area contributed by atoms with Crippen molar-refractivity contribution in [2.75, 3.05) is 0 Å². The lowest BCUT2D eigenvalue weighted by Crippen LogP contribution is -2.59. The Bertz CT molecular complexity index is 883. The van der Waals surface area contributed by atoms with Gasteiger partial charge < -0.3 is 5.11 Å². The smallest absolute Gasteiger partial charge is 0.265 e. The predicted molar refractivity (Wildman–Crippen MR) is 108 cm³/mol. The minimum Gasteiger partial charge on any atom is -0.389 e. The number of aryl methyl sites for hydroxylation is 1. The van der Waals surface area contributed by atoms with Crippen LogP contribution in [0.4, 0.5) is 0 Å². The van der Waals surface area contributed by atoms with E-state index in [-0.39, 0.29) is 22.8 Å². The van der Waals surface area contributed by atoms with E-state index in [1.807, 2.05) is 59.8 Å². The first kappa shape index (κ1) is 20.1. The topological polar surface area (TPSA) is 70.0 Å². The van der Waals surface area contributed by atoms with Crippen molar-refractivity contribution < 1.29 is 13.5 Å². The zero-order chi connectivity index (χ0) is 20.1. The average molecular weight is 391 g/mol. The van der Waals surface area contributed by atoms with E-state index in [1.165, 1.54) is 4.31 Å². The summed E-state index contributed by atoms with van der Waals surface area (Å²) in [5, 5.41) is 10.4. The molecule has 3 atom stereocenters. The maximum Gasteiger partial charge on any atom is 0.265 e. The molecular formula is C21H30N2O3S. The molecule has 1 N–H and O–H groups in total. The molecule has 27 heavy (non-hydrogen) atoms. The normalized spacial score (nSPS) is 27.9. The first-order valence-electron chi connectivity index (χ1n) is 9.52. The molecule has 1 heterocycles. The van der Waals surface area contributed by atoms with E-state index < -0.39 is 21.7 Å². The molecule has 2 aliphatic rings. The van der Waals surface area contributed by atoms with Crippen LogP contribution in [-0.2, 0) is 10.0 Å². The van der Waals surface area contributed by atoms with Gasteiger partial charge in [0.25, 0.3) is 10.0 Å². The van der Waals surface area contributed by atoms with E-state index in [0.717, 1.165) is 11.1 Å². The highest BCUT2D eigenvalue weighted by molar-refractivity contribution is 7.89. The van der Waals surface area contributed by atoms with Crippen LogP contribution in [0.1, 0.15) is 46.6 Å². The van der Waals surface area contributed by atoms with Crippen molar-refractivity contribution in [3.63, 3.8) is 0 Å². The molecule has 0 saturated heterocycles. The molecule has 0 unspecified atom stereocenters. The van der Waals surface area contributed by atoms with Gasteiger partial charge in [-0.05, 0) is 51.8 Å². The molecule has 148 valence electrons. The van der Waals surface area contributed by atoms with Gasteiger partial charge in [0.1, 0.15) is 5.84 Å². The van der Waals surface area contributed by atoms with Crippen molar-refractivity contribution in [2.45, 2.75) is 70.5 Å². The molecule has 1 aromatic carbocycles. The van der Waals surface area contributed by atoms with Gasteiger partial charge in [-0.25, -0.2) is 12.7 Å². The van der Waals surface area contributed by atoms with E-state index in [4.69, 9.17) is 4.99 Å². The molecule has 1 aliphatic carbocycles. The quantitative estimate of drug-likeness (QED) is 0.803. The molecule has 0 radical (unpaired) electrons. The third kappa shape index (κ3) is 3.45. The van der Waals surface area contributed by atoms with Crippen molar-refractivity contribution in [2.24, 2.45) is 16.8 Å². The molecule has 1 aliphatic heterocycles. The van der Waals surface area contributed by atoms with Crippen LogP contribution in [0.15, 0.2) is 45.8 Å². The number of aliphatic hydroxyl groups is 1. The summed E-state index contributed by atoms with van der Waals surface area (Å²) in [6.07, 6.45) is 1.88. The van der Waals surface area contributed by atoms with Gasteiger partial charge in [0.05, 0.1) is 22.6 Å². The number of fused-ring (bicyclic) bond motifs is 1. The van der Waals surface area contributed by atoms with Crippen molar-refractivity contribution in [1.29, 1.82) is 0 Å². The van der Waals surface area contributed by atoms with Crippen molar-refractivity contribution >= 4 is 15.9 Å². The van der Waals surface area contributed by atoms with E-state index >= 15 is 0 Å². The third-order valence-corrected chi connectivity index (χ3v) is 7.57. The second-order valence-electron chi connectivity index (χ2n) is 8.65. The Kier molecular flexibility index (Phi) is 5.02. The SMILES string of the molecule is CC1=C[C@H]2[C@@H](C[C@H]1O)C(C)(C)N=C(C(C)C)N2S(=O)(=O)c1ccc(C)cc1. The molecule has 5 nitrogen and oxygen atoms in total. The van der Waals surface area contributed by atoms with Crippen LogP contribution in [-0.4, -0.2) is 41.3 Å². The first-order valence-corrected chi connectivity index (χ1v) is 11.0. The van der Waals surface area contributed by atoms with Crippen LogP contribution in [0.3, 0.4) is 0 Å². The molecular weight excluding hydrogens is 360 g/mol. The van der Waals surface area contributed by atoms with Gasteiger partial charge in [-0.15, -0.1) is 0 Å². The summed E-state index contributed by atoms with van der Waals surface area (Å²) in [5.74, 6) is 0.465. The number of aliphatic hydroxyl groups excluding tert-OH is 1. The second-order valence-corrected chi connectivity index (χ2v) is 10.5. The lowest BCUT2D eigenvalue weighted by Gasteiger charge is -2.50. The molecule has 3 rings (SSSR count). The maximum absolute atomic E-state index is 13.6. The fraction of sp³-hybridized carbons (Fsp3) is 0.571. The summed E-state index contributed by atoms with van der Waals surface area (Å²) in [5.41, 5.74) is 1.39. The van der Waals surface area contributed by atoms with E-state index in [9.17, 15) is 13.5 Å². The second kappa shape index (κ2) is 6.74. The summed E-state index contributed by atoms with van der Waals surface area (Å²) in [4.78, 5) is 5.15. The Morgan fingerprint density at radius 3 is 2.33 bits per heavy atom. The first-order chi connectivity index (χ1) is 12.4. The number of amidine groups is 1. The van der Waals surface area contributed by atoms with Crippen molar-refractivity contribution in [3.8, 4) is 0 Å².